The minimum atomic E-state index is -0.0652. The largest absolute Gasteiger partial charge is 0.350 e. The molecule has 0 fully saturated rings. The number of amides is 1. The number of carbonyl (C=O) groups excluding carboxylic acids is 1. The van der Waals surface area contributed by atoms with Crippen LogP contribution in [0.2, 0.25) is 0 Å². The molecule has 116 valence electrons. The summed E-state index contributed by atoms with van der Waals surface area (Å²) in [5, 5.41) is 3.05. The van der Waals surface area contributed by atoms with Gasteiger partial charge in [0.05, 0.1) is 0 Å². The Morgan fingerprint density at radius 1 is 1.24 bits per heavy atom. The number of hydrogen-bond donors (Lipinski definition) is 1. The van der Waals surface area contributed by atoms with Crippen molar-refractivity contribution >= 4 is 5.91 Å². The van der Waals surface area contributed by atoms with Crippen LogP contribution in [0.15, 0.2) is 43.0 Å². The quantitative estimate of drug-likeness (QED) is 0.671. The first-order valence-corrected chi connectivity index (χ1v) is 7.73. The molecule has 3 nitrogen and oxygen atoms in total. The molecule has 0 aliphatic heterocycles. The van der Waals surface area contributed by atoms with Gasteiger partial charge in [-0.05, 0) is 64.4 Å². The highest BCUT2D eigenvalue weighted by molar-refractivity contribution is 5.87. The van der Waals surface area contributed by atoms with E-state index < -0.39 is 0 Å². The Morgan fingerprint density at radius 3 is 2.52 bits per heavy atom. The van der Waals surface area contributed by atoms with Crippen LogP contribution < -0.4 is 5.32 Å². The lowest BCUT2D eigenvalue weighted by molar-refractivity contribution is -0.117. The van der Waals surface area contributed by atoms with Crippen LogP contribution in [0.5, 0.6) is 0 Å². The number of nitrogens with zero attached hydrogens (tertiary/aromatic N) is 1. The van der Waals surface area contributed by atoms with Gasteiger partial charge in [-0.1, -0.05) is 36.9 Å². The van der Waals surface area contributed by atoms with Gasteiger partial charge in [0.2, 0.25) is 5.91 Å². The second-order valence-electron chi connectivity index (χ2n) is 5.73. The number of carbonyl (C=O) groups is 1. The molecule has 0 aliphatic carbocycles. The molecular formula is C18H28N2O. The fraction of sp³-hybridized carbons (Fsp3) is 0.500. The number of nitrogens with one attached hydrogen (secondary N) is 1. The van der Waals surface area contributed by atoms with Crippen LogP contribution in [0.25, 0.3) is 0 Å². The molecule has 0 saturated carbocycles. The Balaban J connectivity index is 2.36. The van der Waals surface area contributed by atoms with Crippen molar-refractivity contribution in [2.75, 3.05) is 20.6 Å². The van der Waals surface area contributed by atoms with Crippen LogP contribution >= 0.6 is 0 Å². The standard InChI is InChI=1S/C18H28N2O/c1-4-18(21)19-17(14-9-15-20(2)3)13-8-12-16-10-6-5-7-11-16/h4-7,10-11,17H,1,8-9,12-15H2,2-3H3,(H,19,21). The molecule has 1 unspecified atom stereocenters. The van der Waals surface area contributed by atoms with Crippen molar-refractivity contribution in [2.45, 2.75) is 38.1 Å². The molecule has 0 bridgehead atoms. The van der Waals surface area contributed by atoms with Crippen molar-refractivity contribution in [3.05, 3.63) is 48.6 Å². The average Bonchev–Trinajstić information content (AvgIpc) is 2.47. The molecule has 1 aromatic carbocycles. The highest BCUT2D eigenvalue weighted by Gasteiger charge is 2.10. The maximum absolute atomic E-state index is 11.5. The third-order valence-electron chi connectivity index (χ3n) is 3.55. The van der Waals surface area contributed by atoms with Crippen LogP contribution in [0.4, 0.5) is 0 Å². The van der Waals surface area contributed by atoms with E-state index in [0.29, 0.717) is 0 Å². The zero-order chi connectivity index (χ0) is 15.5. The van der Waals surface area contributed by atoms with Crippen LogP contribution in [0.1, 0.15) is 31.2 Å². The van der Waals surface area contributed by atoms with Crippen molar-refractivity contribution in [3.8, 4) is 0 Å². The van der Waals surface area contributed by atoms with Gasteiger partial charge in [0.15, 0.2) is 0 Å². The van der Waals surface area contributed by atoms with Gasteiger partial charge in [-0.3, -0.25) is 4.79 Å². The maximum atomic E-state index is 11.5. The molecule has 0 heterocycles. The summed E-state index contributed by atoms with van der Waals surface area (Å²) in [7, 11) is 4.15. The molecule has 0 radical (unpaired) electrons. The van der Waals surface area contributed by atoms with Crippen LogP contribution in [-0.4, -0.2) is 37.5 Å². The predicted octanol–water partition coefficient (Wildman–Crippen LogP) is 3.02. The van der Waals surface area contributed by atoms with E-state index in [0.717, 1.165) is 38.6 Å². The Labute approximate surface area is 129 Å². The van der Waals surface area contributed by atoms with Crippen LogP contribution in [-0.2, 0) is 11.2 Å². The number of benzene rings is 1. The van der Waals surface area contributed by atoms with Gasteiger partial charge >= 0.3 is 0 Å². The highest BCUT2D eigenvalue weighted by Crippen LogP contribution is 2.10. The third kappa shape index (κ3) is 8.30. The average molecular weight is 288 g/mol. The first-order valence-electron chi connectivity index (χ1n) is 7.73. The van der Waals surface area contributed by atoms with Gasteiger partial charge < -0.3 is 10.2 Å². The number of rotatable bonds is 10. The van der Waals surface area contributed by atoms with Gasteiger partial charge in [-0.15, -0.1) is 0 Å². The van der Waals surface area contributed by atoms with E-state index in [1.807, 2.05) is 6.07 Å². The van der Waals surface area contributed by atoms with Crippen molar-refractivity contribution in [1.82, 2.24) is 10.2 Å². The second kappa shape index (κ2) is 10.2. The first-order chi connectivity index (χ1) is 10.1. The molecule has 0 spiro atoms. The summed E-state index contributed by atoms with van der Waals surface area (Å²) in [5.74, 6) is -0.0652. The monoisotopic (exact) mass is 288 g/mol. The van der Waals surface area contributed by atoms with E-state index >= 15 is 0 Å². The van der Waals surface area contributed by atoms with Gasteiger partial charge in [0, 0.05) is 6.04 Å². The lowest BCUT2D eigenvalue weighted by Gasteiger charge is -2.19. The normalized spacial score (nSPS) is 12.1. The van der Waals surface area contributed by atoms with Gasteiger partial charge in [0.25, 0.3) is 0 Å². The lowest BCUT2D eigenvalue weighted by Crippen LogP contribution is -2.34. The van der Waals surface area contributed by atoms with E-state index in [1.165, 1.54) is 11.6 Å². The predicted molar refractivity (Wildman–Crippen MR) is 89.3 cm³/mol. The molecule has 1 rings (SSSR count). The molecule has 3 heteroatoms. The maximum Gasteiger partial charge on any atom is 0.243 e. The zero-order valence-electron chi connectivity index (χ0n) is 13.3. The van der Waals surface area contributed by atoms with Crippen molar-refractivity contribution in [1.29, 1.82) is 0 Å². The third-order valence-corrected chi connectivity index (χ3v) is 3.55. The number of aryl methyl sites for hydroxylation is 1. The summed E-state index contributed by atoms with van der Waals surface area (Å²) in [6.07, 6.45) is 6.65. The van der Waals surface area contributed by atoms with E-state index in [2.05, 4.69) is 55.2 Å². The van der Waals surface area contributed by atoms with Gasteiger partial charge in [-0.2, -0.15) is 0 Å². The van der Waals surface area contributed by atoms with Crippen LogP contribution in [0, 0.1) is 0 Å². The minimum Gasteiger partial charge on any atom is -0.350 e. The number of hydrogen-bond acceptors (Lipinski definition) is 2. The molecule has 0 aliphatic rings. The first kappa shape index (κ1) is 17.4. The van der Waals surface area contributed by atoms with Crippen LogP contribution in [0.3, 0.4) is 0 Å². The molecular weight excluding hydrogens is 260 g/mol. The van der Waals surface area contributed by atoms with Crippen molar-refractivity contribution in [2.24, 2.45) is 0 Å². The van der Waals surface area contributed by atoms with E-state index in [4.69, 9.17) is 0 Å². The van der Waals surface area contributed by atoms with Crippen molar-refractivity contribution < 1.29 is 4.79 Å². The molecule has 1 aromatic rings. The van der Waals surface area contributed by atoms with Gasteiger partial charge in [-0.25, -0.2) is 0 Å². The molecule has 1 N–H and O–H groups in total. The molecule has 0 aromatic heterocycles. The Hall–Kier alpha value is -1.61. The highest BCUT2D eigenvalue weighted by atomic mass is 16.1. The fourth-order valence-corrected chi connectivity index (χ4v) is 2.40. The SMILES string of the molecule is C=CC(=O)NC(CCCc1ccccc1)CCCN(C)C. The van der Waals surface area contributed by atoms with E-state index in [1.54, 1.807) is 0 Å². The minimum absolute atomic E-state index is 0.0652. The summed E-state index contributed by atoms with van der Waals surface area (Å²) in [4.78, 5) is 13.7. The molecule has 1 amide bonds. The summed E-state index contributed by atoms with van der Waals surface area (Å²) >= 11 is 0. The zero-order valence-corrected chi connectivity index (χ0v) is 13.3. The Morgan fingerprint density at radius 2 is 1.90 bits per heavy atom. The summed E-state index contributed by atoms with van der Waals surface area (Å²) in [6, 6.07) is 10.7. The summed E-state index contributed by atoms with van der Waals surface area (Å²) < 4.78 is 0. The Bertz CT molecular complexity index is 414. The topological polar surface area (TPSA) is 32.3 Å². The fourth-order valence-electron chi connectivity index (χ4n) is 2.40. The van der Waals surface area contributed by atoms with Gasteiger partial charge in [0.1, 0.15) is 0 Å². The molecule has 21 heavy (non-hydrogen) atoms. The smallest absolute Gasteiger partial charge is 0.243 e. The second-order valence-corrected chi connectivity index (χ2v) is 5.73. The van der Waals surface area contributed by atoms with E-state index in [-0.39, 0.29) is 11.9 Å². The van der Waals surface area contributed by atoms with Crippen molar-refractivity contribution in [3.63, 3.8) is 0 Å². The molecule has 0 saturated heterocycles. The van der Waals surface area contributed by atoms with E-state index in [9.17, 15) is 4.79 Å². The summed E-state index contributed by atoms with van der Waals surface area (Å²) in [6.45, 7) is 4.58. The summed E-state index contributed by atoms with van der Waals surface area (Å²) in [5.41, 5.74) is 1.36. The lowest BCUT2D eigenvalue weighted by atomic mass is 10.0. The Kier molecular flexibility index (Phi) is 8.44. The molecule has 1 atom stereocenters.